The molecule has 2 heterocycles. The molecule has 1 spiro atoms. The van der Waals surface area contributed by atoms with Crippen LogP contribution in [-0.4, -0.2) is 25.0 Å². The summed E-state index contributed by atoms with van der Waals surface area (Å²) >= 11 is 0. The van der Waals surface area contributed by atoms with Crippen LogP contribution in [0.4, 0.5) is 11.4 Å². The van der Waals surface area contributed by atoms with E-state index in [4.69, 9.17) is 5.26 Å². The summed E-state index contributed by atoms with van der Waals surface area (Å²) in [6, 6.07) is 17.1. The quantitative estimate of drug-likeness (QED) is 0.793. The summed E-state index contributed by atoms with van der Waals surface area (Å²) in [7, 11) is 0. The van der Waals surface area contributed by atoms with Crippen LogP contribution in [0.3, 0.4) is 0 Å². The lowest BCUT2D eigenvalue weighted by atomic mass is 9.80. The van der Waals surface area contributed by atoms with Gasteiger partial charge in [-0.05, 0) is 42.3 Å². The molecule has 1 saturated heterocycles. The number of rotatable bonds is 2. The SMILES string of the molecule is N#Cc1ccc(NC(=O)C2CC3(CNc4ccccc43)CN2)cc1. The van der Waals surface area contributed by atoms with E-state index in [-0.39, 0.29) is 17.4 Å². The van der Waals surface area contributed by atoms with Gasteiger partial charge in [0, 0.05) is 29.9 Å². The summed E-state index contributed by atoms with van der Waals surface area (Å²) in [6.07, 6.45) is 0.777. The number of hydrogen-bond donors (Lipinski definition) is 3. The standard InChI is InChI=1S/C19H18N4O/c20-10-13-5-7-14(8-6-13)23-18(24)17-9-19(12-22-17)11-21-16-4-2-1-3-15(16)19/h1-8,17,21-22H,9,11-12H2,(H,23,24). The number of anilines is 2. The third-order valence-corrected chi connectivity index (χ3v) is 5.00. The second-order valence-corrected chi connectivity index (χ2v) is 6.50. The highest BCUT2D eigenvalue weighted by atomic mass is 16.2. The lowest BCUT2D eigenvalue weighted by molar-refractivity contribution is -0.117. The third kappa shape index (κ3) is 2.41. The number of carbonyl (C=O) groups excluding carboxylic acids is 1. The van der Waals surface area contributed by atoms with Gasteiger partial charge in [0.15, 0.2) is 0 Å². The molecular formula is C19H18N4O. The average Bonchev–Trinajstić information content (AvgIpc) is 3.22. The number of para-hydroxylation sites is 1. The van der Waals surface area contributed by atoms with Crippen LogP contribution in [0.25, 0.3) is 0 Å². The van der Waals surface area contributed by atoms with Crippen molar-refractivity contribution in [1.82, 2.24) is 5.32 Å². The van der Waals surface area contributed by atoms with E-state index in [1.165, 1.54) is 11.3 Å². The van der Waals surface area contributed by atoms with Crippen molar-refractivity contribution in [3.63, 3.8) is 0 Å². The van der Waals surface area contributed by atoms with Crippen molar-refractivity contribution >= 4 is 17.3 Å². The first-order valence-electron chi connectivity index (χ1n) is 8.08. The van der Waals surface area contributed by atoms with Crippen LogP contribution in [0.5, 0.6) is 0 Å². The number of nitrogens with one attached hydrogen (secondary N) is 3. The molecule has 24 heavy (non-hydrogen) atoms. The number of fused-ring (bicyclic) bond motifs is 2. The molecule has 0 aromatic heterocycles. The first-order valence-corrected chi connectivity index (χ1v) is 8.08. The van der Waals surface area contributed by atoms with Gasteiger partial charge in [0.05, 0.1) is 17.7 Å². The van der Waals surface area contributed by atoms with Gasteiger partial charge in [0.2, 0.25) is 5.91 Å². The van der Waals surface area contributed by atoms with Gasteiger partial charge in [-0.1, -0.05) is 18.2 Å². The second-order valence-electron chi connectivity index (χ2n) is 6.50. The van der Waals surface area contributed by atoms with Gasteiger partial charge >= 0.3 is 0 Å². The van der Waals surface area contributed by atoms with Crippen molar-refractivity contribution in [1.29, 1.82) is 5.26 Å². The predicted molar refractivity (Wildman–Crippen MR) is 92.8 cm³/mol. The molecule has 2 unspecified atom stereocenters. The summed E-state index contributed by atoms with van der Waals surface area (Å²) in [5.41, 5.74) is 3.76. The number of amides is 1. The molecule has 2 aromatic carbocycles. The third-order valence-electron chi connectivity index (χ3n) is 5.00. The Hall–Kier alpha value is -2.84. The predicted octanol–water partition coefficient (Wildman–Crippen LogP) is 2.22. The van der Waals surface area contributed by atoms with Crippen molar-refractivity contribution in [2.45, 2.75) is 17.9 Å². The Labute approximate surface area is 140 Å². The molecule has 2 aliphatic heterocycles. The van der Waals surface area contributed by atoms with Crippen LogP contribution in [0.2, 0.25) is 0 Å². The van der Waals surface area contributed by atoms with Gasteiger partial charge in [-0.3, -0.25) is 4.79 Å². The van der Waals surface area contributed by atoms with Crippen LogP contribution in [0, 0.1) is 11.3 Å². The molecule has 0 aliphatic carbocycles. The highest BCUT2D eigenvalue weighted by Gasteiger charge is 2.46. The van der Waals surface area contributed by atoms with E-state index in [1.54, 1.807) is 24.3 Å². The Bertz CT molecular complexity index is 824. The van der Waals surface area contributed by atoms with Crippen molar-refractivity contribution in [2.24, 2.45) is 0 Å². The van der Waals surface area contributed by atoms with Gasteiger partial charge in [0.25, 0.3) is 0 Å². The molecule has 1 amide bonds. The second kappa shape index (κ2) is 5.66. The first kappa shape index (κ1) is 14.7. The highest BCUT2D eigenvalue weighted by molar-refractivity contribution is 5.95. The molecule has 5 heteroatoms. The molecule has 4 rings (SSSR count). The van der Waals surface area contributed by atoms with E-state index in [2.05, 4.69) is 40.2 Å². The van der Waals surface area contributed by atoms with Crippen molar-refractivity contribution in [3.8, 4) is 6.07 Å². The van der Waals surface area contributed by atoms with Gasteiger partial charge in [-0.15, -0.1) is 0 Å². The van der Waals surface area contributed by atoms with Gasteiger partial charge in [-0.25, -0.2) is 0 Å². The van der Waals surface area contributed by atoms with E-state index >= 15 is 0 Å². The minimum atomic E-state index is -0.214. The summed E-state index contributed by atoms with van der Waals surface area (Å²) in [6.45, 7) is 1.66. The van der Waals surface area contributed by atoms with Crippen LogP contribution >= 0.6 is 0 Å². The minimum absolute atomic E-state index is 0.0106. The summed E-state index contributed by atoms with van der Waals surface area (Å²) < 4.78 is 0. The zero-order chi connectivity index (χ0) is 16.6. The Morgan fingerprint density at radius 3 is 2.75 bits per heavy atom. The van der Waals surface area contributed by atoms with Crippen molar-refractivity contribution in [2.75, 3.05) is 23.7 Å². The summed E-state index contributed by atoms with van der Waals surface area (Å²) in [5.74, 6) is -0.0269. The van der Waals surface area contributed by atoms with E-state index < -0.39 is 0 Å². The molecule has 1 fully saturated rings. The molecule has 2 aromatic rings. The number of hydrogen-bond acceptors (Lipinski definition) is 4. The number of nitrogens with zero attached hydrogens (tertiary/aromatic N) is 1. The molecule has 5 nitrogen and oxygen atoms in total. The zero-order valence-electron chi connectivity index (χ0n) is 13.2. The summed E-state index contributed by atoms with van der Waals surface area (Å²) in [4.78, 5) is 12.6. The lowest BCUT2D eigenvalue weighted by Gasteiger charge is -2.22. The van der Waals surface area contributed by atoms with Crippen LogP contribution in [-0.2, 0) is 10.2 Å². The fourth-order valence-electron chi connectivity index (χ4n) is 3.70. The monoisotopic (exact) mass is 318 g/mol. The molecule has 0 saturated carbocycles. The molecule has 2 aliphatic rings. The maximum absolute atomic E-state index is 12.6. The molecule has 120 valence electrons. The van der Waals surface area contributed by atoms with E-state index in [0.29, 0.717) is 11.3 Å². The fraction of sp³-hybridized carbons (Fsp3) is 0.263. The maximum atomic E-state index is 12.6. The Balaban J connectivity index is 1.47. The fourth-order valence-corrected chi connectivity index (χ4v) is 3.70. The zero-order valence-corrected chi connectivity index (χ0v) is 13.2. The smallest absolute Gasteiger partial charge is 0.241 e. The number of nitriles is 1. The molecule has 0 bridgehead atoms. The van der Waals surface area contributed by atoms with Crippen LogP contribution < -0.4 is 16.0 Å². The molecule has 3 N–H and O–H groups in total. The first-order chi connectivity index (χ1) is 11.7. The number of carbonyl (C=O) groups is 1. The molecule has 0 radical (unpaired) electrons. The van der Waals surface area contributed by atoms with Crippen molar-refractivity contribution < 1.29 is 4.79 Å². The van der Waals surface area contributed by atoms with E-state index in [1.807, 2.05) is 6.07 Å². The van der Waals surface area contributed by atoms with E-state index in [9.17, 15) is 4.79 Å². The Kier molecular flexibility index (Phi) is 3.47. The highest BCUT2D eigenvalue weighted by Crippen LogP contribution is 2.42. The maximum Gasteiger partial charge on any atom is 0.241 e. The Morgan fingerprint density at radius 1 is 1.17 bits per heavy atom. The molecular weight excluding hydrogens is 300 g/mol. The largest absolute Gasteiger partial charge is 0.384 e. The molecule has 2 atom stereocenters. The van der Waals surface area contributed by atoms with Gasteiger partial charge in [-0.2, -0.15) is 5.26 Å². The Morgan fingerprint density at radius 2 is 1.96 bits per heavy atom. The van der Waals surface area contributed by atoms with Gasteiger partial charge in [0.1, 0.15) is 0 Å². The lowest BCUT2D eigenvalue weighted by Crippen LogP contribution is -2.35. The van der Waals surface area contributed by atoms with Crippen LogP contribution in [0.15, 0.2) is 48.5 Å². The van der Waals surface area contributed by atoms with E-state index in [0.717, 1.165) is 19.5 Å². The normalized spacial score (nSPS) is 24.2. The average molecular weight is 318 g/mol. The topological polar surface area (TPSA) is 77.0 Å². The van der Waals surface area contributed by atoms with Crippen LogP contribution in [0.1, 0.15) is 17.5 Å². The number of benzene rings is 2. The van der Waals surface area contributed by atoms with Crippen molar-refractivity contribution in [3.05, 3.63) is 59.7 Å². The minimum Gasteiger partial charge on any atom is -0.384 e. The summed E-state index contributed by atoms with van der Waals surface area (Å²) in [5, 5.41) is 18.6. The van der Waals surface area contributed by atoms with Gasteiger partial charge < -0.3 is 16.0 Å².